The molecule has 0 aliphatic carbocycles. The highest BCUT2D eigenvalue weighted by molar-refractivity contribution is 5.64. The van der Waals surface area contributed by atoms with Crippen LogP contribution in [0.1, 0.15) is 31.2 Å². The highest BCUT2D eigenvalue weighted by Crippen LogP contribution is 2.25. The highest BCUT2D eigenvalue weighted by Gasteiger charge is 2.12. The maximum Gasteiger partial charge on any atom is 0.139 e. The predicted octanol–water partition coefficient (Wildman–Crippen LogP) is 3.83. The van der Waals surface area contributed by atoms with Crippen LogP contribution in [0.3, 0.4) is 0 Å². The summed E-state index contributed by atoms with van der Waals surface area (Å²) in [6.07, 6.45) is 0. The number of nitrogens with one attached hydrogen (secondary N) is 2. The summed E-state index contributed by atoms with van der Waals surface area (Å²) in [4.78, 5) is 9.03. The molecule has 0 saturated carbocycles. The number of rotatable bonds is 4. The van der Waals surface area contributed by atoms with Crippen LogP contribution in [0.4, 0.5) is 21.7 Å². The number of anilines is 3. The second-order valence-electron chi connectivity index (χ2n) is 4.94. The van der Waals surface area contributed by atoms with E-state index in [4.69, 9.17) is 0 Å². The van der Waals surface area contributed by atoms with Gasteiger partial charge in [-0.15, -0.1) is 0 Å². The van der Waals surface area contributed by atoms with E-state index < -0.39 is 0 Å². The summed E-state index contributed by atoms with van der Waals surface area (Å²) in [6, 6.07) is 6.21. The Morgan fingerprint density at radius 3 is 2.20 bits per heavy atom. The lowest BCUT2D eigenvalue weighted by Gasteiger charge is -2.15. The first-order chi connectivity index (χ1) is 9.51. The van der Waals surface area contributed by atoms with Crippen LogP contribution in [0.5, 0.6) is 0 Å². The largest absolute Gasteiger partial charge is 0.373 e. The van der Waals surface area contributed by atoms with Gasteiger partial charge in [-0.1, -0.05) is 13.8 Å². The van der Waals surface area contributed by atoms with E-state index in [1.807, 2.05) is 27.8 Å². The van der Waals surface area contributed by atoms with Gasteiger partial charge in [0.15, 0.2) is 0 Å². The van der Waals surface area contributed by atoms with Crippen LogP contribution in [-0.2, 0) is 0 Å². The molecule has 20 heavy (non-hydrogen) atoms. The molecule has 4 nitrogen and oxygen atoms in total. The molecule has 0 bridgehead atoms. The SMILES string of the molecule is CNc1nc(C(C)C)nc(Nc2ccc(F)cc2)c1C. The van der Waals surface area contributed by atoms with Gasteiger partial charge >= 0.3 is 0 Å². The Labute approximate surface area is 118 Å². The summed E-state index contributed by atoms with van der Waals surface area (Å²) in [5.41, 5.74) is 1.73. The molecule has 0 radical (unpaired) electrons. The first kappa shape index (κ1) is 14.2. The molecule has 1 aromatic heterocycles. The van der Waals surface area contributed by atoms with Crippen LogP contribution in [0.2, 0.25) is 0 Å². The Morgan fingerprint density at radius 1 is 1.05 bits per heavy atom. The molecule has 0 aliphatic rings. The second-order valence-corrected chi connectivity index (χ2v) is 4.94. The van der Waals surface area contributed by atoms with Crippen molar-refractivity contribution in [3.63, 3.8) is 0 Å². The van der Waals surface area contributed by atoms with Crippen LogP contribution in [0.25, 0.3) is 0 Å². The third-order valence-corrected chi connectivity index (χ3v) is 3.02. The molecule has 5 heteroatoms. The first-order valence-corrected chi connectivity index (χ1v) is 6.60. The summed E-state index contributed by atoms with van der Waals surface area (Å²) in [5.74, 6) is 2.28. The lowest BCUT2D eigenvalue weighted by Crippen LogP contribution is -2.08. The lowest BCUT2D eigenvalue weighted by atomic mass is 10.2. The molecule has 0 amide bonds. The van der Waals surface area contributed by atoms with E-state index >= 15 is 0 Å². The molecule has 106 valence electrons. The maximum atomic E-state index is 12.9. The van der Waals surface area contributed by atoms with Gasteiger partial charge in [0.1, 0.15) is 23.3 Å². The van der Waals surface area contributed by atoms with E-state index in [9.17, 15) is 4.39 Å². The highest BCUT2D eigenvalue weighted by atomic mass is 19.1. The Kier molecular flexibility index (Phi) is 4.17. The van der Waals surface area contributed by atoms with Crippen molar-refractivity contribution < 1.29 is 4.39 Å². The van der Waals surface area contributed by atoms with Crippen LogP contribution >= 0.6 is 0 Å². The average Bonchev–Trinajstić information content (AvgIpc) is 2.43. The van der Waals surface area contributed by atoms with Crippen molar-refractivity contribution >= 4 is 17.3 Å². The van der Waals surface area contributed by atoms with Gasteiger partial charge in [0, 0.05) is 24.2 Å². The molecule has 1 aromatic carbocycles. The van der Waals surface area contributed by atoms with Crippen molar-refractivity contribution in [3.05, 3.63) is 41.5 Å². The zero-order valence-corrected chi connectivity index (χ0v) is 12.2. The standard InChI is InChI=1S/C15H19FN4/c1-9(2)13-19-14(17-4)10(3)15(20-13)18-12-7-5-11(16)6-8-12/h5-9H,1-4H3,(H2,17,18,19,20). The van der Waals surface area contributed by atoms with Crippen molar-refractivity contribution in [3.8, 4) is 0 Å². The van der Waals surface area contributed by atoms with Crippen LogP contribution < -0.4 is 10.6 Å². The number of benzene rings is 1. The quantitative estimate of drug-likeness (QED) is 0.889. The van der Waals surface area contributed by atoms with E-state index in [1.54, 1.807) is 12.1 Å². The normalized spacial score (nSPS) is 10.7. The maximum absolute atomic E-state index is 12.9. The third-order valence-electron chi connectivity index (χ3n) is 3.02. The summed E-state index contributed by atoms with van der Waals surface area (Å²) < 4.78 is 12.9. The molecule has 0 unspecified atom stereocenters. The average molecular weight is 274 g/mol. The number of aromatic nitrogens is 2. The lowest BCUT2D eigenvalue weighted by molar-refractivity contribution is 0.628. The van der Waals surface area contributed by atoms with Gasteiger partial charge in [-0.05, 0) is 31.2 Å². The fraction of sp³-hybridized carbons (Fsp3) is 0.333. The predicted molar refractivity (Wildman–Crippen MR) is 80.1 cm³/mol. The molecular weight excluding hydrogens is 255 g/mol. The fourth-order valence-electron chi connectivity index (χ4n) is 1.83. The van der Waals surface area contributed by atoms with Crippen molar-refractivity contribution in [2.45, 2.75) is 26.7 Å². The zero-order valence-electron chi connectivity index (χ0n) is 12.2. The zero-order chi connectivity index (χ0) is 14.7. The van der Waals surface area contributed by atoms with E-state index in [2.05, 4.69) is 20.6 Å². The van der Waals surface area contributed by atoms with E-state index in [0.717, 1.165) is 28.7 Å². The summed E-state index contributed by atoms with van der Waals surface area (Å²) in [7, 11) is 1.83. The number of hydrogen-bond acceptors (Lipinski definition) is 4. The van der Waals surface area contributed by atoms with Crippen LogP contribution in [0.15, 0.2) is 24.3 Å². The number of hydrogen-bond donors (Lipinski definition) is 2. The van der Waals surface area contributed by atoms with Crippen LogP contribution in [0, 0.1) is 12.7 Å². The van der Waals surface area contributed by atoms with Crippen LogP contribution in [-0.4, -0.2) is 17.0 Å². The van der Waals surface area contributed by atoms with Gasteiger partial charge in [0.25, 0.3) is 0 Å². The van der Waals surface area contributed by atoms with Crippen molar-refractivity contribution in [1.82, 2.24) is 9.97 Å². The second kappa shape index (κ2) is 5.86. The van der Waals surface area contributed by atoms with Gasteiger partial charge in [0.2, 0.25) is 0 Å². The Hall–Kier alpha value is -2.17. The topological polar surface area (TPSA) is 49.8 Å². The van der Waals surface area contributed by atoms with Gasteiger partial charge in [-0.2, -0.15) is 0 Å². The molecule has 2 rings (SSSR count). The Balaban J connectivity index is 2.39. The molecular formula is C15H19FN4. The summed E-state index contributed by atoms with van der Waals surface area (Å²) in [5, 5.41) is 6.29. The Morgan fingerprint density at radius 2 is 1.65 bits per heavy atom. The van der Waals surface area contributed by atoms with Crippen molar-refractivity contribution in [2.75, 3.05) is 17.7 Å². The summed E-state index contributed by atoms with van der Waals surface area (Å²) >= 11 is 0. The molecule has 0 atom stereocenters. The first-order valence-electron chi connectivity index (χ1n) is 6.60. The number of halogens is 1. The Bertz CT molecular complexity index is 594. The minimum Gasteiger partial charge on any atom is -0.373 e. The van der Waals surface area contributed by atoms with E-state index in [-0.39, 0.29) is 11.7 Å². The van der Waals surface area contributed by atoms with Gasteiger partial charge < -0.3 is 10.6 Å². The third kappa shape index (κ3) is 3.04. The molecule has 1 heterocycles. The minimum atomic E-state index is -0.256. The molecule has 2 N–H and O–H groups in total. The van der Waals surface area contributed by atoms with E-state index in [0.29, 0.717) is 0 Å². The molecule has 0 saturated heterocycles. The van der Waals surface area contributed by atoms with Crippen molar-refractivity contribution in [1.29, 1.82) is 0 Å². The molecule has 0 spiro atoms. The molecule has 0 fully saturated rings. The smallest absolute Gasteiger partial charge is 0.139 e. The molecule has 2 aromatic rings. The van der Waals surface area contributed by atoms with Gasteiger partial charge in [-0.25, -0.2) is 14.4 Å². The van der Waals surface area contributed by atoms with Crippen molar-refractivity contribution in [2.24, 2.45) is 0 Å². The minimum absolute atomic E-state index is 0.233. The number of nitrogens with zero attached hydrogens (tertiary/aromatic N) is 2. The monoisotopic (exact) mass is 274 g/mol. The fourth-order valence-corrected chi connectivity index (χ4v) is 1.83. The van der Waals surface area contributed by atoms with E-state index in [1.165, 1.54) is 12.1 Å². The van der Waals surface area contributed by atoms with Gasteiger partial charge in [0.05, 0.1) is 0 Å². The molecule has 0 aliphatic heterocycles. The summed E-state index contributed by atoms with van der Waals surface area (Å²) in [6.45, 7) is 6.04. The van der Waals surface area contributed by atoms with Gasteiger partial charge in [-0.3, -0.25) is 0 Å².